The average molecular weight is 312 g/mol. The van der Waals surface area contributed by atoms with Crippen LogP contribution in [0, 0.1) is 0 Å². The van der Waals surface area contributed by atoms with Gasteiger partial charge in [-0.3, -0.25) is 0 Å². The molecule has 0 saturated heterocycles. The molecule has 1 aromatic rings. The second kappa shape index (κ2) is 7.75. The Hall–Kier alpha value is -0.740. The summed E-state index contributed by atoms with van der Waals surface area (Å²) in [6, 6.07) is 3.39. The summed E-state index contributed by atoms with van der Waals surface area (Å²) in [6.07, 6.45) is 3.03. The Bertz CT molecular complexity index is 393. The van der Waals surface area contributed by atoms with Crippen molar-refractivity contribution in [1.82, 2.24) is 0 Å². The van der Waals surface area contributed by atoms with E-state index in [1.165, 1.54) is 0 Å². The number of ether oxygens (including phenoxy) is 1. The van der Waals surface area contributed by atoms with Crippen LogP contribution in [0.4, 0.5) is 14.5 Å². The number of benzene rings is 1. The van der Waals surface area contributed by atoms with Gasteiger partial charge in [0.25, 0.3) is 0 Å². The molecule has 0 radical (unpaired) electrons. The summed E-state index contributed by atoms with van der Waals surface area (Å²) in [4.78, 5) is 0. The molecule has 0 bridgehead atoms. The number of anilines is 1. The molecule has 0 aliphatic rings. The van der Waals surface area contributed by atoms with Gasteiger partial charge in [-0.15, -0.1) is 0 Å². The molecule has 0 spiro atoms. The second-order valence-electron chi connectivity index (χ2n) is 4.19. The van der Waals surface area contributed by atoms with Gasteiger partial charge in [0.1, 0.15) is 0 Å². The zero-order valence-electron chi connectivity index (χ0n) is 10.9. The predicted molar refractivity (Wildman–Crippen MR) is 75.7 cm³/mol. The van der Waals surface area contributed by atoms with Crippen LogP contribution in [-0.2, 0) is 0 Å². The Morgan fingerprint density at radius 1 is 1.21 bits per heavy atom. The number of hydrogen-bond donors (Lipinski definition) is 1. The van der Waals surface area contributed by atoms with Gasteiger partial charge in [0.05, 0.1) is 10.0 Å². The molecule has 6 heteroatoms. The van der Waals surface area contributed by atoms with Crippen molar-refractivity contribution in [2.75, 3.05) is 5.32 Å². The fraction of sp³-hybridized carbons (Fsp3) is 0.538. The highest BCUT2D eigenvalue weighted by molar-refractivity contribution is 6.37. The van der Waals surface area contributed by atoms with E-state index in [0.29, 0.717) is 11.7 Å². The van der Waals surface area contributed by atoms with Crippen molar-refractivity contribution in [2.24, 2.45) is 0 Å². The first kappa shape index (κ1) is 16.3. The molecule has 1 rings (SSSR count). The van der Waals surface area contributed by atoms with Gasteiger partial charge in [-0.1, -0.05) is 43.5 Å². The van der Waals surface area contributed by atoms with Gasteiger partial charge in [0, 0.05) is 11.7 Å². The summed E-state index contributed by atoms with van der Waals surface area (Å²) < 4.78 is 28.7. The lowest BCUT2D eigenvalue weighted by atomic mass is 10.1. The van der Waals surface area contributed by atoms with Crippen molar-refractivity contribution < 1.29 is 13.5 Å². The van der Waals surface area contributed by atoms with Crippen molar-refractivity contribution in [2.45, 2.75) is 45.8 Å². The molecular formula is C13H17Cl2F2NO. The molecule has 2 nitrogen and oxygen atoms in total. The van der Waals surface area contributed by atoms with E-state index in [1.54, 1.807) is 12.1 Å². The SMILES string of the molecule is CCCC(CC)Nc1cc(Cl)c(OC(F)F)c(Cl)c1. The monoisotopic (exact) mass is 311 g/mol. The number of alkyl halides is 2. The van der Waals surface area contributed by atoms with E-state index in [9.17, 15) is 8.78 Å². The quantitative estimate of drug-likeness (QED) is 0.709. The van der Waals surface area contributed by atoms with E-state index in [1.807, 2.05) is 0 Å². The maximum atomic E-state index is 12.2. The molecule has 0 aromatic heterocycles. The van der Waals surface area contributed by atoms with Crippen molar-refractivity contribution in [3.05, 3.63) is 22.2 Å². The van der Waals surface area contributed by atoms with Gasteiger partial charge in [-0.2, -0.15) is 8.78 Å². The van der Waals surface area contributed by atoms with Gasteiger partial charge in [0.15, 0.2) is 5.75 Å². The fourth-order valence-corrected chi connectivity index (χ4v) is 2.38. The topological polar surface area (TPSA) is 21.3 Å². The van der Waals surface area contributed by atoms with E-state index in [2.05, 4.69) is 23.9 Å². The summed E-state index contributed by atoms with van der Waals surface area (Å²) in [7, 11) is 0. The lowest BCUT2D eigenvalue weighted by molar-refractivity contribution is -0.0497. The third kappa shape index (κ3) is 5.03. The second-order valence-corrected chi connectivity index (χ2v) is 5.00. The molecule has 0 aliphatic heterocycles. The minimum absolute atomic E-state index is 0.0710. The molecule has 19 heavy (non-hydrogen) atoms. The highest BCUT2D eigenvalue weighted by Gasteiger charge is 2.15. The number of hydrogen-bond acceptors (Lipinski definition) is 2. The molecule has 108 valence electrons. The lowest BCUT2D eigenvalue weighted by Crippen LogP contribution is -2.18. The lowest BCUT2D eigenvalue weighted by Gasteiger charge is -2.19. The van der Waals surface area contributed by atoms with Crippen LogP contribution in [0.5, 0.6) is 5.75 Å². The molecule has 0 fully saturated rings. The largest absolute Gasteiger partial charge is 0.432 e. The Labute approximate surface area is 122 Å². The van der Waals surface area contributed by atoms with Crippen molar-refractivity contribution >= 4 is 28.9 Å². The molecule has 1 atom stereocenters. The van der Waals surface area contributed by atoms with E-state index in [0.717, 1.165) is 19.3 Å². The summed E-state index contributed by atoms with van der Waals surface area (Å²) in [5.74, 6) is -0.188. The van der Waals surface area contributed by atoms with Gasteiger partial charge in [0.2, 0.25) is 0 Å². The Kier molecular flexibility index (Phi) is 6.66. The van der Waals surface area contributed by atoms with Crippen LogP contribution in [0.1, 0.15) is 33.1 Å². The van der Waals surface area contributed by atoms with Crippen LogP contribution in [0.3, 0.4) is 0 Å². The Morgan fingerprint density at radius 2 is 1.79 bits per heavy atom. The minimum atomic E-state index is -2.95. The van der Waals surface area contributed by atoms with E-state index >= 15 is 0 Å². The highest BCUT2D eigenvalue weighted by atomic mass is 35.5. The van der Waals surface area contributed by atoms with E-state index in [-0.39, 0.29) is 15.8 Å². The predicted octanol–water partition coefficient (Wildman–Crippen LogP) is 5.59. The van der Waals surface area contributed by atoms with Gasteiger partial charge in [-0.05, 0) is 25.0 Å². The first-order valence-corrected chi connectivity index (χ1v) is 6.93. The third-order valence-electron chi connectivity index (χ3n) is 2.71. The standard InChI is InChI=1S/C13H17Cl2F2NO/c1-3-5-8(4-2)18-9-6-10(14)12(11(15)7-9)19-13(16)17/h6-8,13,18H,3-5H2,1-2H3. The van der Waals surface area contributed by atoms with Crippen LogP contribution in [-0.4, -0.2) is 12.7 Å². The van der Waals surface area contributed by atoms with Crippen molar-refractivity contribution in [3.8, 4) is 5.75 Å². The van der Waals surface area contributed by atoms with Gasteiger partial charge < -0.3 is 10.1 Å². The average Bonchev–Trinajstić information content (AvgIpc) is 2.33. The molecule has 0 amide bonds. The maximum Gasteiger partial charge on any atom is 0.387 e. The van der Waals surface area contributed by atoms with Gasteiger partial charge >= 0.3 is 6.61 Å². The molecular weight excluding hydrogens is 295 g/mol. The fourth-order valence-electron chi connectivity index (χ4n) is 1.81. The third-order valence-corrected chi connectivity index (χ3v) is 3.27. The van der Waals surface area contributed by atoms with Crippen LogP contribution >= 0.6 is 23.2 Å². The van der Waals surface area contributed by atoms with Crippen LogP contribution in [0.15, 0.2) is 12.1 Å². The number of nitrogens with one attached hydrogen (secondary N) is 1. The maximum absolute atomic E-state index is 12.2. The number of halogens is 4. The van der Waals surface area contributed by atoms with Crippen LogP contribution in [0.2, 0.25) is 10.0 Å². The first-order chi connectivity index (χ1) is 8.97. The summed E-state index contributed by atoms with van der Waals surface area (Å²) >= 11 is 11.8. The first-order valence-electron chi connectivity index (χ1n) is 6.18. The van der Waals surface area contributed by atoms with Crippen molar-refractivity contribution in [1.29, 1.82) is 0 Å². The van der Waals surface area contributed by atoms with Crippen molar-refractivity contribution in [3.63, 3.8) is 0 Å². The van der Waals surface area contributed by atoms with E-state index in [4.69, 9.17) is 23.2 Å². The normalized spacial score (nSPS) is 12.6. The smallest absolute Gasteiger partial charge is 0.387 e. The molecule has 0 heterocycles. The van der Waals surface area contributed by atoms with Crippen LogP contribution < -0.4 is 10.1 Å². The van der Waals surface area contributed by atoms with Crippen LogP contribution in [0.25, 0.3) is 0 Å². The van der Waals surface area contributed by atoms with E-state index < -0.39 is 6.61 Å². The zero-order chi connectivity index (χ0) is 14.4. The molecule has 1 aromatic carbocycles. The number of rotatable bonds is 7. The highest BCUT2D eigenvalue weighted by Crippen LogP contribution is 2.37. The Balaban J connectivity index is 2.87. The Morgan fingerprint density at radius 3 is 2.21 bits per heavy atom. The van der Waals surface area contributed by atoms with Gasteiger partial charge in [-0.25, -0.2) is 0 Å². The molecule has 0 aliphatic carbocycles. The zero-order valence-corrected chi connectivity index (χ0v) is 12.4. The summed E-state index contributed by atoms with van der Waals surface area (Å²) in [5, 5.41) is 3.42. The molecule has 1 unspecified atom stereocenters. The molecule has 0 saturated carbocycles. The summed E-state index contributed by atoms with van der Waals surface area (Å²) in [5.41, 5.74) is 0.705. The minimum Gasteiger partial charge on any atom is -0.432 e. The summed E-state index contributed by atoms with van der Waals surface area (Å²) in [6.45, 7) is 1.23. The molecule has 1 N–H and O–H groups in total.